The van der Waals surface area contributed by atoms with Crippen LogP contribution in [0.25, 0.3) is 0 Å². The molecule has 4 rings (SSSR count). The van der Waals surface area contributed by atoms with Gasteiger partial charge in [0.2, 0.25) is 11.9 Å². The lowest BCUT2D eigenvalue weighted by Crippen LogP contribution is -2.54. The maximum absolute atomic E-state index is 13.3. The average molecular weight is 473 g/mol. The molecular weight excluding hydrogens is 456 g/mol. The molecular formula is C21H17F2N5O4S. The van der Waals surface area contributed by atoms with Gasteiger partial charge >= 0.3 is 0 Å². The van der Waals surface area contributed by atoms with E-state index in [1.807, 2.05) is 0 Å². The molecule has 0 unspecified atom stereocenters. The van der Waals surface area contributed by atoms with Crippen molar-refractivity contribution in [2.24, 2.45) is 5.92 Å². The fourth-order valence-electron chi connectivity index (χ4n) is 3.11. The van der Waals surface area contributed by atoms with Crippen LogP contribution in [0.1, 0.15) is 10.4 Å². The number of likely N-dealkylation sites (tertiary alicyclic amines) is 1. The number of nitrogens with zero attached hydrogens (tertiary/aromatic N) is 3. The highest BCUT2D eigenvalue weighted by Crippen LogP contribution is 2.22. The van der Waals surface area contributed by atoms with Gasteiger partial charge in [0.25, 0.3) is 15.9 Å². The van der Waals surface area contributed by atoms with E-state index in [1.54, 1.807) is 6.07 Å². The van der Waals surface area contributed by atoms with Gasteiger partial charge in [0.15, 0.2) is 11.6 Å². The second-order valence-corrected chi connectivity index (χ2v) is 8.91. The number of halogens is 2. The highest BCUT2D eigenvalue weighted by Gasteiger charge is 2.36. The molecule has 1 saturated heterocycles. The van der Waals surface area contributed by atoms with E-state index in [9.17, 15) is 26.8 Å². The first-order valence-electron chi connectivity index (χ1n) is 9.68. The van der Waals surface area contributed by atoms with Gasteiger partial charge in [0.05, 0.1) is 10.8 Å². The Hall–Kier alpha value is -3.93. The van der Waals surface area contributed by atoms with Crippen LogP contribution in [-0.4, -0.2) is 48.2 Å². The molecule has 1 aliphatic rings. The predicted octanol–water partition coefficient (Wildman–Crippen LogP) is 2.27. The number of carbonyl (C=O) groups excluding carboxylic acids is 2. The number of benzene rings is 2. The van der Waals surface area contributed by atoms with E-state index in [0.29, 0.717) is 5.69 Å². The smallest absolute Gasteiger partial charge is 0.264 e. The standard InChI is InChI=1S/C21H17F2N5O4S/c22-17-7-2-13(10-18(17)23)20(30)28-11-14(12-28)19(29)26-15-3-5-16(6-4-15)33(31,32)27-21-24-8-1-9-25-21/h1-10,14H,11-12H2,(H,26,29)(H,24,25,27). The summed E-state index contributed by atoms with van der Waals surface area (Å²) in [6.45, 7) is 0.244. The van der Waals surface area contributed by atoms with E-state index < -0.39 is 33.5 Å². The Morgan fingerprint density at radius 1 is 0.970 bits per heavy atom. The SMILES string of the molecule is O=C(Nc1ccc(S(=O)(=O)Nc2ncccn2)cc1)C1CN(C(=O)c2ccc(F)c(F)c2)C1. The van der Waals surface area contributed by atoms with Crippen molar-refractivity contribution in [2.45, 2.75) is 4.90 Å². The third-order valence-electron chi connectivity index (χ3n) is 4.93. The monoisotopic (exact) mass is 473 g/mol. The summed E-state index contributed by atoms with van der Waals surface area (Å²) in [6.07, 6.45) is 2.80. The van der Waals surface area contributed by atoms with Crippen molar-refractivity contribution in [1.82, 2.24) is 14.9 Å². The molecule has 0 spiro atoms. The van der Waals surface area contributed by atoms with Crippen LogP contribution in [0.2, 0.25) is 0 Å². The summed E-state index contributed by atoms with van der Waals surface area (Å²) in [5.41, 5.74) is 0.374. The average Bonchev–Trinajstić information content (AvgIpc) is 2.75. The van der Waals surface area contributed by atoms with Crippen LogP contribution >= 0.6 is 0 Å². The van der Waals surface area contributed by atoms with E-state index in [1.165, 1.54) is 47.6 Å². The number of aromatic nitrogens is 2. The second-order valence-electron chi connectivity index (χ2n) is 7.23. The molecule has 1 aromatic heterocycles. The highest BCUT2D eigenvalue weighted by molar-refractivity contribution is 7.92. The van der Waals surface area contributed by atoms with Gasteiger partial charge in [0, 0.05) is 36.7 Å². The van der Waals surface area contributed by atoms with Crippen LogP contribution < -0.4 is 10.0 Å². The van der Waals surface area contributed by atoms with E-state index in [0.717, 1.165) is 12.1 Å². The van der Waals surface area contributed by atoms with Gasteiger partial charge in [-0.05, 0) is 48.5 Å². The maximum Gasteiger partial charge on any atom is 0.264 e. The molecule has 12 heteroatoms. The molecule has 2 heterocycles. The van der Waals surface area contributed by atoms with Gasteiger partial charge in [-0.3, -0.25) is 9.59 Å². The summed E-state index contributed by atoms with van der Waals surface area (Å²) < 4.78 is 53.4. The summed E-state index contributed by atoms with van der Waals surface area (Å²) in [5, 5.41) is 2.66. The van der Waals surface area contributed by atoms with Crippen LogP contribution in [0.3, 0.4) is 0 Å². The maximum atomic E-state index is 13.3. The van der Waals surface area contributed by atoms with Crippen LogP contribution in [0, 0.1) is 17.6 Å². The number of anilines is 2. The highest BCUT2D eigenvalue weighted by atomic mass is 32.2. The minimum atomic E-state index is -3.90. The first-order valence-corrected chi connectivity index (χ1v) is 11.2. The molecule has 1 aliphatic heterocycles. The lowest BCUT2D eigenvalue weighted by atomic mass is 9.97. The van der Waals surface area contributed by atoms with Crippen LogP contribution in [0.4, 0.5) is 20.4 Å². The number of amides is 2. The number of sulfonamides is 1. The fourth-order valence-corrected chi connectivity index (χ4v) is 4.07. The number of rotatable bonds is 6. The molecule has 0 aliphatic carbocycles. The normalized spacial score (nSPS) is 13.8. The number of hydrogen-bond donors (Lipinski definition) is 2. The number of nitrogens with one attached hydrogen (secondary N) is 2. The van der Waals surface area contributed by atoms with Crippen LogP contribution in [-0.2, 0) is 14.8 Å². The van der Waals surface area contributed by atoms with Crippen LogP contribution in [0.5, 0.6) is 0 Å². The van der Waals surface area contributed by atoms with E-state index in [-0.39, 0.29) is 35.4 Å². The van der Waals surface area contributed by atoms with Crippen molar-refractivity contribution in [3.8, 4) is 0 Å². The lowest BCUT2D eigenvalue weighted by Gasteiger charge is -2.38. The number of carbonyl (C=O) groups is 2. The molecule has 33 heavy (non-hydrogen) atoms. The summed E-state index contributed by atoms with van der Waals surface area (Å²) in [5.74, 6) is -3.57. The zero-order chi connectivity index (χ0) is 23.6. The van der Waals surface area contributed by atoms with Crippen molar-refractivity contribution in [3.63, 3.8) is 0 Å². The van der Waals surface area contributed by atoms with Gasteiger partial charge < -0.3 is 10.2 Å². The van der Waals surface area contributed by atoms with E-state index in [4.69, 9.17) is 0 Å². The Labute approximate surface area is 187 Å². The zero-order valence-electron chi connectivity index (χ0n) is 16.9. The molecule has 0 bridgehead atoms. The Morgan fingerprint density at radius 2 is 1.64 bits per heavy atom. The molecule has 170 valence electrons. The van der Waals surface area contributed by atoms with Crippen molar-refractivity contribution in [1.29, 1.82) is 0 Å². The van der Waals surface area contributed by atoms with E-state index >= 15 is 0 Å². The summed E-state index contributed by atoms with van der Waals surface area (Å²) in [4.78, 5) is 33.6. The Bertz CT molecular complexity index is 1300. The third kappa shape index (κ3) is 4.95. The van der Waals surface area contributed by atoms with Gasteiger partial charge in [-0.2, -0.15) is 0 Å². The van der Waals surface area contributed by atoms with Crippen molar-refractivity contribution >= 4 is 33.5 Å². The molecule has 3 aromatic rings. The van der Waals surface area contributed by atoms with Gasteiger partial charge in [0.1, 0.15) is 0 Å². The van der Waals surface area contributed by atoms with Gasteiger partial charge in [-0.15, -0.1) is 0 Å². The Morgan fingerprint density at radius 3 is 2.27 bits per heavy atom. The first-order chi connectivity index (χ1) is 15.7. The molecule has 0 atom stereocenters. The predicted molar refractivity (Wildman–Crippen MR) is 114 cm³/mol. The van der Waals surface area contributed by atoms with Crippen molar-refractivity contribution < 1.29 is 26.8 Å². The molecule has 0 radical (unpaired) electrons. The zero-order valence-corrected chi connectivity index (χ0v) is 17.7. The largest absolute Gasteiger partial charge is 0.337 e. The molecule has 0 saturated carbocycles. The summed E-state index contributed by atoms with van der Waals surface area (Å²) in [7, 11) is -3.90. The second kappa shape index (κ2) is 8.90. The molecule has 9 nitrogen and oxygen atoms in total. The minimum Gasteiger partial charge on any atom is -0.337 e. The quantitative estimate of drug-likeness (QED) is 0.567. The topological polar surface area (TPSA) is 121 Å². The summed E-state index contributed by atoms with van der Waals surface area (Å²) in [6, 6.07) is 9.93. The first kappa shape index (κ1) is 22.3. The fraction of sp³-hybridized carbons (Fsp3) is 0.143. The lowest BCUT2D eigenvalue weighted by molar-refractivity contribution is -0.123. The third-order valence-corrected chi connectivity index (χ3v) is 6.27. The van der Waals surface area contributed by atoms with Crippen LogP contribution in [0.15, 0.2) is 65.8 Å². The van der Waals surface area contributed by atoms with Gasteiger partial charge in [-0.1, -0.05) is 0 Å². The minimum absolute atomic E-state index is 0.000863. The van der Waals surface area contributed by atoms with Gasteiger partial charge in [-0.25, -0.2) is 31.9 Å². The number of hydrogen-bond acceptors (Lipinski definition) is 6. The van der Waals surface area contributed by atoms with Crippen molar-refractivity contribution in [3.05, 3.63) is 78.1 Å². The van der Waals surface area contributed by atoms with Crippen molar-refractivity contribution in [2.75, 3.05) is 23.1 Å². The summed E-state index contributed by atoms with van der Waals surface area (Å²) >= 11 is 0. The Kier molecular flexibility index (Phi) is 6.01. The molecule has 1 fully saturated rings. The Balaban J connectivity index is 1.32. The molecule has 2 aromatic carbocycles. The molecule has 2 N–H and O–H groups in total. The van der Waals surface area contributed by atoms with E-state index in [2.05, 4.69) is 20.0 Å². The molecule has 2 amide bonds.